The number of primary amides is 1. The van der Waals surface area contributed by atoms with Gasteiger partial charge in [-0.05, 0) is 61.6 Å². The highest BCUT2D eigenvalue weighted by atomic mass is 16.5. The number of carbonyl (C=O) groups excluding carboxylic acids is 1. The third-order valence-corrected chi connectivity index (χ3v) is 7.90. The van der Waals surface area contributed by atoms with Gasteiger partial charge in [0, 0.05) is 43.6 Å². The summed E-state index contributed by atoms with van der Waals surface area (Å²) < 4.78 is 6.33. The Bertz CT molecular complexity index is 694. The van der Waals surface area contributed by atoms with E-state index in [2.05, 4.69) is 11.0 Å². The van der Waals surface area contributed by atoms with Gasteiger partial charge in [-0.1, -0.05) is 18.6 Å². The van der Waals surface area contributed by atoms with Crippen LogP contribution in [0.25, 0.3) is 0 Å². The van der Waals surface area contributed by atoms with Crippen molar-refractivity contribution < 1.29 is 9.53 Å². The van der Waals surface area contributed by atoms with Crippen molar-refractivity contribution >= 4 is 5.91 Å². The van der Waals surface area contributed by atoms with E-state index in [-0.39, 0.29) is 11.5 Å². The van der Waals surface area contributed by atoms with Crippen molar-refractivity contribution in [3.05, 3.63) is 35.4 Å². The summed E-state index contributed by atoms with van der Waals surface area (Å²) >= 11 is 0. The molecule has 0 spiro atoms. The quantitative estimate of drug-likeness (QED) is 0.904. The fraction of sp³-hybridized carbons (Fsp3) is 0.682. The molecule has 1 aromatic carbocycles. The van der Waals surface area contributed by atoms with Crippen LogP contribution in [0.3, 0.4) is 0 Å². The molecule has 4 aliphatic rings. The molecule has 4 atom stereocenters. The van der Waals surface area contributed by atoms with Crippen molar-refractivity contribution in [2.45, 2.75) is 50.2 Å². The highest BCUT2D eigenvalue weighted by Gasteiger charge is 2.56. The molecule has 26 heavy (non-hydrogen) atoms. The van der Waals surface area contributed by atoms with Gasteiger partial charge in [0.15, 0.2) is 0 Å². The number of rotatable bonds is 4. The Balaban J connectivity index is 1.46. The molecule has 4 heteroatoms. The SMILES string of the molecule is COC1(c2cccc(C(N)=O)c2)C2CCCC1CN(C1CC3CC3C1)C2. The summed E-state index contributed by atoms with van der Waals surface area (Å²) in [7, 11) is 1.86. The Morgan fingerprint density at radius 3 is 2.46 bits per heavy atom. The standard InChI is InChI=1S/C22H30N2O2/c1-26-22(17-5-2-4-14(9-17)21(23)25)18-6-3-7-19(22)13-24(12-18)20-10-15-8-16(15)11-20/h2,4-5,9,15-16,18-20H,3,6-8,10-13H2,1H3,(H2,23,25). The van der Waals surface area contributed by atoms with Gasteiger partial charge in [-0.2, -0.15) is 0 Å². The van der Waals surface area contributed by atoms with Crippen molar-refractivity contribution in [1.29, 1.82) is 0 Å². The zero-order valence-corrected chi connectivity index (χ0v) is 15.7. The molecule has 2 bridgehead atoms. The molecular weight excluding hydrogens is 324 g/mol. The van der Waals surface area contributed by atoms with E-state index in [0.29, 0.717) is 17.4 Å². The van der Waals surface area contributed by atoms with Crippen LogP contribution in [-0.4, -0.2) is 37.0 Å². The van der Waals surface area contributed by atoms with Gasteiger partial charge >= 0.3 is 0 Å². The van der Waals surface area contributed by atoms with E-state index in [1.165, 1.54) is 38.5 Å². The van der Waals surface area contributed by atoms with Crippen LogP contribution in [0.15, 0.2) is 24.3 Å². The lowest BCUT2D eigenvalue weighted by Gasteiger charge is -2.56. The van der Waals surface area contributed by atoms with E-state index in [0.717, 1.165) is 36.5 Å². The number of ether oxygens (including phenoxy) is 1. The van der Waals surface area contributed by atoms with Gasteiger partial charge in [-0.3, -0.25) is 9.69 Å². The van der Waals surface area contributed by atoms with Gasteiger partial charge in [0.05, 0.1) is 0 Å². The van der Waals surface area contributed by atoms with E-state index < -0.39 is 0 Å². The van der Waals surface area contributed by atoms with Crippen LogP contribution in [0, 0.1) is 23.7 Å². The first kappa shape index (κ1) is 16.8. The number of hydrogen-bond acceptors (Lipinski definition) is 3. The summed E-state index contributed by atoms with van der Waals surface area (Å²) in [6, 6.07) is 8.70. The number of nitrogens with two attached hydrogens (primary N) is 1. The highest BCUT2D eigenvalue weighted by Crippen LogP contribution is 2.56. The predicted octanol–water partition coefficient (Wildman–Crippen LogP) is 3.16. The zero-order valence-electron chi connectivity index (χ0n) is 15.7. The molecular formula is C22H30N2O2. The number of nitrogens with zero attached hydrogens (tertiary/aromatic N) is 1. The molecule has 140 valence electrons. The van der Waals surface area contributed by atoms with Gasteiger partial charge in [0.25, 0.3) is 0 Å². The Kier molecular flexibility index (Phi) is 3.91. The number of methoxy groups -OCH3 is 1. The van der Waals surface area contributed by atoms with Gasteiger partial charge in [0.2, 0.25) is 5.91 Å². The van der Waals surface area contributed by atoms with E-state index in [1.807, 2.05) is 25.3 Å². The van der Waals surface area contributed by atoms with Crippen molar-refractivity contribution in [3.8, 4) is 0 Å². The lowest BCUT2D eigenvalue weighted by atomic mass is 9.62. The summed E-state index contributed by atoms with van der Waals surface area (Å²) in [4.78, 5) is 14.5. The van der Waals surface area contributed by atoms with Gasteiger partial charge in [-0.15, -0.1) is 0 Å². The molecule has 3 saturated carbocycles. The van der Waals surface area contributed by atoms with Crippen LogP contribution in [0.4, 0.5) is 0 Å². The Labute approximate surface area is 156 Å². The van der Waals surface area contributed by atoms with Crippen molar-refractivity contribution in [3.63, 3.8) is 0 Å². The lowest BCUT2D eigenvalue weighted by Crippen LogP contribution is -2.60. The largest absolute Gasteiger partial charge is 0.373 e. The number of piperidine rings is 1. The molecule has 1 heterocycles. The summed E-state index contributed by atoms with van der Waals surface area (Å²) in [5, 5.41) is 0. The maximum Gasteiger partial charge on any atom is 0.248 e. The maximum atomic E-state index is 11.7. The van der Waals surface area contributed by atoms with Crippen molar-refractivity contribution in [2.75, 3.05) is 20.2 Å². The molecule has 4 fully saturated rings. The second kappa shape index (κ2) is 6.07. The number of likely N-dealkylation sites (tertiary alicyclic amines) is 1. The monoisotopic (exact) mass is 354 g/mol. The maximum absolute atomic E-state index is 11.7. The van der Waals surface area contributed by atoms with E-state index >= 15 is 0 Å². The molecule has 1 aliphatic heterocycles. The summed E-state index contributed by atoms with van der Waals surface area (Å²) in [6.45, 7) is 2.27. The summed E-state index contributed by atoms with van der Waals surface area (Å²) in [6.07, 6.45) is 8.03. The minimum absolute atomic E-state index is 0.262. The Hall–Kier alpha value is -1.39. The predicted molar refractivity (Wildman–Crippen MR) is 101 cm³/mol. The molecule has 3 aliphatic carbocycles. The first-order chi connectivity index (χ1) is 12.6. The minimum Gasteiger partial charge on any atom is -0.373 e. The fourth-order valence-electron chi connectivity index (χ4n) is 6.58. The molecule has 1 saturated heterocycles. The molecule has 1 amide bonds. The van der Waals surface area contributed by atoms with Crippen LogP contribution in [0.1, 0.15) is 54.4 Å². The molecule has 0 radical (unpaired) electrons. The average Bonchev–Trinajstić information content (AvgIpc) is 3.25. The highest BCUT2D eigenvalue weighted by molar-refractivity contribution is 5.92. The number of fused-ring (bicyclic) bond motifs is 3. The topological polar surface area (TPSA) is 55.6 Å². The number of benzene rings is 1. The van der Waals surface area contributed by atoms with Gasteiger partial charge in [-0.25, -0.2) is 0 Å². The third kappa shape index (κ3) is 2.45. The second-order valence-electron chi connectivity index (χ2n) is 9.10. The zero-order chi connectivity index (χ0) is 17.9. The molecule has 0 aromatic heterocycles. The van der Waals surface area contributed by atoms with Crippen LogP contribution in [0.2, 0.25) is 0 Å². The number of hydrogen-bond donors (Lipinski definition) is 1. The van der Waals surface area contributed by atoms with Crippen molar-refractivity contribution in [1.82, 2.24) is 4.90 Å². The number of carbonyl (C=O) groups is 1. The molecule has 4 unspecified atom stereocenters. The average molecular weight is 354 g/mol. The first-order valence-corrected chi connectivity index (χ1v) is 10.3. The fourth-order valence-corrected chi connectivity index (χ4v) is 6.58. The molecule has 1 aromatic rings. The van der Waals surface area contributed by atoms with E-state index in [9.17, 15) is 4.79 Å². The van der Waals surface area contributed by atoms with Gasteiger partial charge < -0.3 is 10.5 Å². The van der Waals surface area contributed by atoms with Crippen molar-refractivity contribution in [2.24, 2.45) is 29.4 Å². The first-order valence-electron chi connectivity index (χ1n) is 10.3. The molecule has 2 N–H and O–H groups in total. The summed E-state index contributed by atoms with van der Waals surface area (Å²) in [5.41, 5.74) is 7.03. The lowest BCUT2D eigenvalue weighted by molar-refractivity contribution is -0.174. The molecule has 4 nitrogen and oxygen atoms in total. The third-order valence-electron chi connectivity index (χ3n) is 7.90. The summed E-state index contributed by atoms with van der Waals surface area (Å²) in [5.74, 6) is 2.70. The minimum atomic E-state index is -0.356. The second-order valence-corrected chi connectivity index (χ2v) is 9.10. The molecule has 5 rings (SSSR count). The van der Waals surface area contributed by atoms with Crippen LogP contribution >= 0.6 is 0 Å². The van der Waals surface area contributed by atoms with E-state index in [4.69, 9.17) is 10.5 Å². The normalized spacial score (nSPS) is 41.7. The van der Waals surface area contributed by atoms with Gasteiger partial charge in [0.1, 0.15) is 5.60 Å². The van der Waals surface area contributed by atoms with E-state index in [1.54, 1.807) is 0 Å². The van der Waals surface area contributed by atoms with Crippen LogP contribution in [-0.2, 0) is 10.3 Å². The van der Waals surface area contributed by atoms with Crippen LogP contribution in [0.5, 0.6) is 0 Å². The Morgan fingerprint density at radius 2 is 1.85 bits per heavy atom. The number of amides is 1. The Morgan fingerprint density at radius 1 is 1.15 bits per heavy atom. The van der Waals surface area contributed by atoms with Crippen LogP contribution < -0.4 is 5.73 Å². The smallest absolute Gasteiger partial charge is 0.248 e.